The number of imidazole rings is 1. The van der Waals surface area contributed by atoms with E-state index in [1.54, 1.807) is 30.6 Å². The number of anilines is 1. The highest BCUT2D eigenvalue weighted by molar-refractivity contribution is 6.42. The zero-order valence-electron chi connectivity index (χ0n) is 18.9. The first-order chi connectivity index (χ1) is 17.0. The summed E-state index contributed by atoms with van der Waals surface area (Å²) in [5, 5.41) is 16.6. The van der Waals surface area contributed by atoms with Crippen molar-refractivity contribution in [1.82, 2.24) is 29.7 Å². The number of carbonyl (C=O) groups excluding carboxylic acids is 1. The van der Waals surface area contributed by atoms with Gasteiger partial charge in [-0.3, -0.25) is 4.57 Å². The number of carbonyl (C=O) groups is 1. The molecule has 11 heteroatoms. The molecule has 1 aliphatic carbocycles. The van der Waals surface area contributed by atoms with Gasteiger partial charge in [0.25, 0.3) is 0 Å². The first-order valence-electron chi connectivity index (χ1n) is 11.6. The van der Waals surface area contributed by atoms with E-state index in [1.807, 2.05) is 15.5 Å². The molecule has 1 saturated heterocycles. The molecular formula is C24H24Cl2N8O. The third-order valence-electron chi connectivity index (χ3n) is 6.09. The van der Waals surface area contributed by atoms with Gasteiger partial charge in [-0.25, -0.2) is 14.8 Å². The van der Waals surface area contributed by atoms with Crippen LogP contribution in [0.4, 0.5) is 10.7 Å². The van der Waals surface area contributed by atoms with Gasteiger partial charge in [-0.1, -0.05) is 23.2 Å². The largest absolute Gasteiger partial charge is 0.350 e. The maximum Gasteiger partial charge on any atom is 0.317 e. The Hall–Kier alpha value is -3.35. The fourth-order valence-electron chi connectivity index (χ4n) is 4.19. The molecule has 2 amide bonds. The average Bonchev–Trinajstić information content (AvgIpc) is 3.58. The van der Waals surface area contributed by atoms with Crippen LogP contribution in [0.15, 0.2) is 36.7 Å². The molecule has 3 aromatic rings. The molecule has 1 aromatic carbocycles. The Bertz CT molecular complexity index is 1280. The minimum absolute atomic E-state index is 0.000466. The summed E-state index contributed by atoms with van der Waals surface area (Å²) in [5.74, 6) is 1.62. The fraction of sp³-hybridized carbons (Fsp3) is 0.375. The summed E-state index contributed by atoms with van der Waals surface area (Å²) in [6.45, 7) is 1.34. The summed E-state index contributed by atoms with van der Waals surface area (Å²) in [6, 6.07) is 9.60. The normalized spacial score (nSPS) is 17.6. The van der Waals surface area contributed by atoms with E-state index in [0.29, 0.717) is 45.9 Å². The van der Waals surface area contributed by atoms with Crippen LogP contribution in [0, 0.1) is 11.3 Å². The second kappa shape index (κ2) is 10.1. The zero-order valence-corrected chi connectivity index (χ0v) is 20.4. The lowest BCUT2D eigenvalue weighted by Crippen LogP contribution is -2.49. The summed E-state index contributed by atoms with van der Waals surface area (Å²) in [4.78, 5) is 28.0. The van der Waals surface area contributed by atoms with Gasteiger partial charge in [0, 0.05) is 36.9 Å². The summed E-state index contributed by atoms with van der Waals surface area (Å²) >= 11 is 12.3. The molecule has 0 radical (unpaired) electrons. The van der Waals surface area contributed by atoms with Crippen molar-refractivity contribution in [3.63, 3.8) is 0 Å². The number of aromatic nitrogens is 4. The van der Waals surface area contributed by atoms with Crippen LogP contribution in [0.25, 0.3) is 17.2 Å². The van der Waals surface area contributed by atoms with Gasteiger partial charge < -0.3 is 15.5 Å². The van der Waals surface area contributed by atoms with Crippen LogP contribution in [0.2, 0.25) is 10.0 Å². The Balaban J connectivity index is 1.39. The van der Waals surface area contributed by atoms with Gasteiger partial charge in [-0.15, -0.1) is 0 Å². The number of piperidine rings is 1. The number of nitriles is 1. The van der Waals surface area contributed by atoms with Gasteiger partial charge >= 0.3 is 6.03 Å². The topological polar surface area (TPSA) is 112 Å². The SMILES string of the molecule is N#CCc1cnc(-c2ccc(Cl)c(Cl)c2)n1-c1ccnc(NC2CCCN(C(=O)NC3CC3)C2)n1. The summed E-state index contributed by atoms with van der Waals surface area (Å²) in [6.07, 6.45) is 7.44. The number of rotatable bonds is 6. The van der Waals surface area contributed by atoms with Crippen LogP contribution in [-0.4, -0.2) is 55.6 Å². The van der Waals surface area contributed by atoms with Crippen LogP contribution >= 0.6 is 23.2 Å². The van der Waals surface area contributed by atoms with Gasteiger partial charge in [-0.05, 0) is 49.9 Å². The van der Waals surface area contributed by atoms with Gasteiger partial charge in [0.05, 0.1) is 34.4 Å². The first-order valence-corrected chi connectivity index (χ1v) is 12.3. The molecule has 2 fully saturated rings. The van der Waals surface area contributed by atoms with Gasteiger partial charge in [-0.2, -0.15) is 10.2 Å². The lowest BCUT2D eigenvalue weighted by atomic mass is 10.1. The molecular weight excluding hydrogens is 487 g/mol. The molecule has 0 bridgehead atoms. The van der Waals surface area contributed by atoms with E-state index in [1.165, 1.54) is 0 Å². The van der Waals surface area contributed by atoms with Crippen molar-refractivity contribution >= 4 is 35.2 Å². The highest BCUT2D eigenvalue weighted by Gasteiger charge is 2.29. The smallest absolute Gasteiger partial charge is 0.317 e. The number of likely N-dealkylation sites (tertiary alicyclic amines) is 1. The van der Waals surface area contributed by atoms with Crippen molar-refractivity contribution in [3.8, 4) is 23.3 Å². The Labute approximate surface area is 213 Å². The Morgan fingerprint density at radius 2 is 2.00 bits per heavy atom. The fourth-order valence-corrected chi connectivity index (χ4v) is 4.48. The second-order valence-electron chi connectivity index (χ2n) is 8.76. The van der Waals surface area contributed by atoms with Crippen LogP contribution in [0.5, 0.6) is 0 Å². The van der Waals surface area contributed by atoms with E-state index in [4.69, 9.17) is 28.2 Å². The van der Waals surface area contributed by atoms with Crippen LogP contribution in [0.1, 0.15) is 31.4 Å². The molecule has 2 aromatic heterocycles. The van der Waals surface area contributed by atoms with Crippen LogP contribution < -0.4 is 10.6 Å². The van der Waals surface area contributed by atoms with E-state index in [9.17, 15) is 10.1 Å². The summed E-state index contributed by atoms with van der Waals surface area (Å²) in [5.41, 5.74) is 1.44. The monoisotopic (exact) mass is 510 g/mol. The van der Waals surface area contributed by atoms with Crippen molar-refractivity contribution in [2.75, 3.05) is 18.4 Å². The minimum atomic E-state index is -0.000466. The number of urea groups is 1. The molecule has 0 spiro atoms. The number of nitrogens with one attached hydrogen (secondary N) is 2. The number of amides is 2. The minimum Gasteiger partial charge on any atom is -0.350 e. The third kappa shape index (κ3) is 5.34. The molecule has 180 valence electrons. The Morgan fingerprint density at radius 3 is 2.77 bits per heavy atom. The highest BCUT2D eigenvalue weighted by atomic mass is 35.5. The Morgan fingerprint density at radius 1 is 1.14 bits per heavy atom. The van der Waals surface area contributed by atoms with Crippen molar-refractivity contribution < 1.29 is 4.79 Å². The van der Waals surface area contributed by atoms with Crippen molar-refractivity contribution in [2.45, 2.75) is 44.2 Å². The quantitative estimate of drug-likeness (QED) is 0.506. The Kier molecular flexibility index (Phi) is 6.75. The standard InChI is InChI=1S/C24H24Cl2N8O/c25-19-6-3-15(12-20(19)26)22-29-13-18(7-9-27)34(22)21-8-10-28-23(32-21)30-17-2-1-11-33(14-17)24(35)31-16-4-5-16/h3,6,8,10,12-13,16-17H,1-2,4-5,7,11,14H2,(H,31,35)(H,28,30,32). The number of hydrogen-bond donors (Lipinski definition) is 2. The lowest BCUT2D eigenvalue weighted by Gasteiger charge is -2.33. The van der Waals surface area contributed by atoms with E-state index in [2.05, 4.69) is 26.7 Å². The lowest BCUT2D eigenvalue weighted by molar-refractivity contribution is 0.182. The summed E-state index contributed by atoms with van der Waals surface area (Å²) < 4.78 is 1.83. The molecule has 1 unspecified atom stereocenters. The molecule has 1 saturated carbocycles. The molecule has 35 heavy (non-hydrogen) atoms. The van der Waals surface area contributed by atoms with Gasteiger partial charge in [0.1, 0.15) is 11.6 Å². The molecule has 1 aliphatic heterocycles. The van der Waals surface area contributed by atoms with E-state index >= 15 is 0 Å². The van der Waals surface area contributed by atoms with Crippen molar-refractivity contribution in [3.05, 3.63) is 52.4 Å². The number of benzene rings is 1. The van der Waals surface area contributed by atoms with E-state index in [0.717, 1.165) is 37.8 Å². The number of hydrogen-bond acceptors (Lipinski definition) is 6. The predicted molar refractivity (Wildman–Crippen MR) is 134 cm³/mol. The molecule has 1 atom stereocenters. The maximum atomic E-state index is 12.5. The van der Waals surface area contributed by atoms with Gasteiger partial charge in [0.2, 0.25) is 5.95 Å². The number of nitrogens with zero attached hydrogens (tertiary/aromatic N) is 6. The van der Waals surface area contributed by atoms with Crippen LogP contribution in [-0.2, 0) is 6.42 Å². The second-order valence-corrected chi connectivity index (χ2v) is 9.58. The zero-order chi connectivity index (χ0) is 24.4. The third-order valence-corrected chi connectivity index (χ3v) is 6.83. The molecule has 5 rings (SSSR count). The first kappa shape index (κ1) is 23.4. The van der Waals surface area contributed by atoms with Gasteiger partial charge in [0.15, 0.2) is 0 Å². The maximum absolute atomic E-state index is 12.5. The molecule has 2 N–H and O–H groups in total. The molecule has 3 heterocycles. The molecule has 9 nitrogen and oxygen atoms in total. The highest BCUT2D eigenvalue weighted by Crippen LogP contribution is 2.30. The number of halogens is 2. The predicted octanol–water partition coefficient (Wildman–Crippen LogP) is 4.45. The van der Waals surface area contributed by atoms with Crippen molar-refractivity contribution in [1.29, 1.82) is 5.26 Å². The molecule has 2 aliphatic rings. The summed E-state index contributed by atoms with van der Waals surface area (Å²) in [7, 11) is 0. The van der Waals surface area contributed by atoms with Crippen molar-refractivity contribution in [2.24, 2.45) is 0 Å². The van der Waals surface area contributed by atoms with Crippen LogP contribution in [0.3, 0.4) is 0 Å². The van der Waals surface area contributed by atoms with E-state index < -0.39 is 0 Å². The average molecular weight is 511 g/mol. The van der Waals surface area contributed by atoms with E-state index in [-0.39, 0.29) is 18.5 Å².